The van der Waals surface area contributed by atoms with Crippen LogP contribution in [0.25, 0.3) is 0 Å². The number of Topliss-reactive ketones (excluding diaryl/α,β-unsaturated/α-hetero) is 1. The fraction of sp³-hybridized carbons (Fsp3) is 0.510. The van der Waals surface area contributed by atoms with Gasteiger partial charge in [0.2, 0.25) is 5.91 Å². The fourth-order valence-corrected chi connectivity index (χ4v) is 11.5. The lowest BCUT2D eigenvalue weighted by atomic mass is 9.49. The van der Waals surface area contributed by atoms with E-state index in [-0.39, 0.29) is 47.5 Å². The number of nitrogens with two attached hydrogens (primary N) is 1. The van der Waals surface area contributed by atoms with Crippen LogP contribution in [0.2, 0.25) is 5.02 Å². The third-order valence-corrected chi connectivity index (χ3v) is 14.9. The molecule has 5 aliphatic rings. The van der Waals surface area contributed by atoms with E-state index in [9.17, 15) is 29.2 Å². The van der Waals surface area contributed by atoms with Crippen LogP contribution < -0.4 is 20.7 Å². The number of anilines is 1. The van der Waals surface area contributed by atoms with Crippen molar-refractivity contribution in [1.82, 2.24) is 20.0 Å². The van der Waals surface area contributed by atoms with Gasteiger partial charge in [-0.15, -0.1) is 0 Å². The average molecular weight is 876 g/mol. The molecular formula is C49H58ClN7O6. The molecule has 4 heterocycles. The lowest BCUT2D eigenvalue weighted by molar-refractivity contribution is -0.164. The lowest BCUT2D eigenvalue weighted by Gasteiger charge is -2.63. The standard InChI is InChI=1S/C49H58ClN7O6/c1-6-36(58)12-14-41(42(52)59)57-44(61)38-23-31-27-56(28-32(31)24-39(38)45(57)62)35-17-21-55(22-18-35)34-15-19-54(20-16-34)33-10-7-29(8-11-33)43(60)53-46-48(2,3)47(49(46,4)5)63-37-13-9-30(26-51)40(50)25-37/h7-11,13,23-25,34-35,41,46-47H,6,12,14-22,27-28H2,1-5H3,(H2,52,59)(H,53,60). The number of benzene rings is 3. The minimum atomic E-state index is -1.15. The number of imide groups is 1. The summed E-state index contributed by atoms with van der Waals surface area (Å²) in [4.78, 5) is 73.3. The van der Waals surface area contributed by atoms with Gasteiger partial charge in [-0.3, -0.25) is 33.8 Å². The lowest BCUT2D eigenvalue weighted by Crippen LogP contribution is -2.74. The number of piperidine rings is 2. The van der Waals surface area contributed by atoms with Gasteiger partial charge in [0.1, 0.15) is 29.7 Å². The molecule has 13 nitrogen and oxygen atoms in total. The van der Waals surface area contributed by atoms with Crippen LogP contribution in [-0.4, -0.2) is 101 Å². The van der Waals surface area contributed by atoms with Crippen molar-refractivity contribution in [2.24, 2.45) is 16.6 Å². The second kappa shape index (κ2) is 17.4. The van der Waals surface area contributed by atoms with Crippen molar-refractivity contribution < 1.29 is 28.7 Å². The molecule has 2 saturated heterocycles. The number of carbonyl (C=O) groups is 5. The molecule has 0 radical (unpaired) electrons. The highest BCUT2D eigenvalue weighted by Crippen LogP contribution is 2.55. The molecule has 3 aromatic rings. The number of nitrogens with zero attached hydrogens (tertiary/aromatic N) is 5. The quantitative estimate of drug-likeness (QED) is 0.181. The van der Waals surface area contributed by atoms with E-state index in [2.05, 4.69) is 65.9 Å². The molecule has 1 unspecified atom stereocenters. The van der Waals surface area contributed by atoms with Crippen molar-refractivity contribution in [2.45, 2.75) is 123 Å². The molecule has 3 aromatic carbocycles. The summed E-state index contributed by atoms with van der Waals surface area (Å²) in [6.45, 7) is 15.5. The number of amides is 4. The van der Waals surface area contributed by atoms with Crippen LogP contribution in [0, 0.1) is 22.2 Å². The van der Waals surface area contributed by atoms with Crippen LogP contribution in [0.3, 0.4) is 0 Å². The van der Waals surface area contributed by atoms with E-state index in [0.29, 0.717) is 64.6 Å². The number of nitriles is 1. The summed E-state index contributed by atoms with van der Waals surface area (Å²) in [5, 5.41) is 12.9. The van der Waals surface area contributed by atoms with E-state index in [1.807, 2.05) is 24.3 Å². The molecule has 4 amide bonds. The molecule has 1 aliphatic carbocycles. The smallest absolute Gasteiger partial charge is 0.262 e. The summed E-state index contributed by atoms with van der Waals surface area (Å²) in [6.07, 6.45) is 4.49. The maximum atomic E-state index is 13.6. The number of fused-ring (bicyclic) bond motifs is 2. The summed E-state index contributed by atoms with van der Waals surface area (Å²) in [7, 11) is 0. The van der Waals surface area contributed by atoms with Gasteiger partial charge in [0.05, 0.1) is 21.7 Å². The number of halogens is 1. The molecule has 3 fully saturated rings. The van der Waals surface area contributed by atoms with Gasteiger partial charge >= 0.3 is 0 Å². The van der Waals surface area contributed by atoms with E-state index in [1.165, 1.54) is 0 Å². The number of carbonyl (C=O) groups excluding carboxylic acids is 5. The van der Waals surface area contributed by atoms with Gasteiger partial charge in [0, 0.05) is 85.3 Å². The third kappa shape index (κ3) is 8.33. The first-order valence-electron chi connectivity index (χ1n) is 22.4. The van der Waals surface area contributed by atoms with E-state index in [4.69, 9.17) is 22.1 Å². The Morgan fingerprint density at radius 3 is 1.97 bits per heavy atom. The van der Waals surface area contributed by atoms with E-state index in [1.54, 1.807) is 25.1 Å². The van der Waals surface area contributed by atoms with Crippen LogP contribution in [0.4, 0.5) is 5.69 Å². The largest absolute Gasteiger partial charge is 0.489 e. The average Bonchev–Trinajstić information content (AvgIpc) is 3.80. The molecule has 332 valence electrons. The minimum absolute atomic E-state index is 0.0349. The molecule has 0 spiro atoms. The third-order valence-electron chi connectivity index (χ3n) is 14.6. The maximum absolute atomic E-state index is 13.6. The molecule has 0 aromatic heterocycles. The van der Waals surface area contributed by atoms with Gasteiger partial charge in [-0.1, -0.05) is 46.2 Å². The summed E-state index contributed by atoms with van der Waals surface area (Å²) >= 11 is 6.26. The van der Waals surface area contributed by atoms with Crippen LogP contribution in [0.5, 0.6) is 5.75 Å². The SMILES string of the molecule is CCC(=O)CCC(C(N)=O)N1C(=O)c2cc3c(cc2C1=O)CN(C1CCN(C2CCN(c4ccc(C(=O)NC5C(C)(C)C(Oc6ccc(C#N)c(Cl)c6)C5(C)C)cc4)CC2)CC1)C3. The van der Waals surface area contributed by atoms with E-state index in [0.717, 1.165) is 73.6 Å². The van der Waals surface area contributed by atoms with Gasteiger partial charge < -0.3 is 25.6 Å². The molecule has 3 N–H and O–H groups in total. The van der Waals surface area contributed by atoms with Gasteiger partial charge in [0.15, 0.2) is 0 Å². The molecule has 1 atom stereocenters. The number of ether oxygens (including phenoxy) is 1. The zero-order valence-corrected chi connectivity index (χ0v) is 37.7. The first-order valence-corrected chi connectivity index (χ1v) is 22.7. The second-order valence-corrected chi connectivity index (χ2v) is 19.6. The van der Waals surface area contributed by atoms with Crippen molar-refractivity contribution >= 4 is 46.7 Å². The number of likely N-dealkylation sites (tertiary alicyclic amines) is 1. The van der Waals surface area contributed by atoms with Gasteiger partial charge in [-0.2, -0.15) is 5.26 Å². The molecule has 1 saturated carbocycles. The minimum Gasteiger partial charge on any atom is -0.489 e. The highest BCUT2D eigenvalue weighted by Gasteiger charge is 2.64. The second-order valence-electron chi connectivity index (χ2n) is 19.2. The predicted octanol–water partition coefficient (Wildman–Crippen LogP) is 6.48. The normalized spacial score (nSPS) is 22.8. The number of hydrogen-bond acceptors (Lipinski definition) is 10. The molecule has 0 bridgehead atoms. The Hall–Kier alpha value is -5.29. The van der Waals surface area contributed by atoms with Gasteiger partial charge in [-0.05, 0) is 105 Å². The molecule has 8 rings (SSSR count). The van der Waals surface area contributed by atoms with E-state index >= 15 is 0 Å². The van der Waals surface area contributed by atoms with Gasteiger partial charge in [0.25, 0.3) is 17.7 Å². The molecule has 63 heavy (non-hydrogen) atoms. The Bertz CT molecular complexity index is 2300. The number of primary amides is 1. The molecule has 14 heteroatoms. The van der Waals surface area contributed by atoms with Crippen molar-refractivity contribution in [3.05, 3.63) is 93.0 Å². The summed E-state index contributed by atoms with van der Waals surface area (Å²) < 4.78 is 6.40. The Labute approximate surface area is 374 Å². The number of hydrogen-bond donors (Lipinski definition) is 2. The maximum Gasteiger partial charge on any atom is 0.262 e. The Kier molecular flexibility index (Phi) is 12.2. The van der Waals surface area contributed by atoms with Crippen LogP contribution in [0.1, 0.15) is 127 Å². The first kappa shape index (κ1) is 44.3. The van der Waals surface area contributed by atoms with Crippen molar-refractivity contribution in [1.29, 1.82) is 5.26 Å². The van der Waals surface area contributed by atoms with E-state index < -0.39 is 23.8 Å². The van der Waals surface area contributed by atoms with Crippen molar-refractivity contribution in [2.75, 3.05) is 31.1 Å². The Balaban J connectivity index is 0.794. The fourth-order valence-electron chi connectivity index (χ4n) is 11.3. The highest BCUT2D eigenvalue weighted by molar-refractivity contribution is 6.31. The van der Waals surface area contributed by atoms with Crippen molar-refractivity contribution in [3.63, 3.8) is 0 Å². The zero-order valence-electron chi connectivity index (χ0n) is 36.9. The molecular weight excluding hydrogens is 818 g/mol. The Morgan fingerprint density at radius 1 is 0.857 bits per heavy atom. The summed E-state index contributed by atoms with van der Waals surface area (Å²) in [5.74, 6) is -1.38. The monoisotopic (exact) mass is 875 g/mol. The number of rotatable bonds is 13. The topological polar surface area (TPSA) is 169 Å². The predicted molar refractivity (Wildman–Crippen MR) is 239 cm³/mol. The number of nitrogens with one attached hydrogen (secondary N) is 1. The zero-order chi connectivity index (χ0) is 45.0. The first-order chi connectivity index (χ1) is 30.0. The van der Waals surface area contributed by atoms with Crippen LogP contribution in [-0.2, 0) is 22.7 Å². The molecule has 4 aliphatic heterocycles. The number of ketones is 1. The summed E-state index contributed by atoms with van der Waals surface area (Å²) in [6, 6.07) is 18.4. The highest BCUT2D eigenvalue weighted by atomic mass is 35.5. The van der Waals surface area contributed by atoms with Crippen LogP contribution in [0.15, 0.2) is 54.6 Å². The summed E-state index contributed by atoms with van der Waals surface area (Å²) in [5.41, 5.74) is 9.75. The Morgan fingerprint density at radius 2 is 1.43 bits per heavy atom. The van der Waals surface area contributed by atoms with Crippen LogP contribution >= 0.6 is 11.6 Å². The van der Waals surface area contributed by atoms with Crippen molar-refractivity contribution in [3.8, 4) is 11.8 Å². The van der Waals surface area contributed by atoms with Gasteiger partial charge in [-0.25, -0.2) is 0 Å².